The summed E-state index contributed by atoms with van der Waals surface area (Å²) in [5.74, 6) is -0.0284. The second-order valence-electron chi connectivity index (χ2n) is 4.70. The number of hydrogen-bond acceptors (Lipinski definition) is 6. The summed E-state index contributed by atoms with van der Waals surface area (Å²) in [6.07, 6.45) is 1.13. The number of ether oxygens (including phenoxy) is 2. The van der Waals surface area contributed by atoms with Gasteiger partial charge < -0.3 is 24.7 Å². The summed E-state index contributed by atoms with van der Waals surface area (Å²) < 4.78 is 12.6. The molecule has 1 atom stereocenters. The quantitative estimate of drug-likeness (QED) is 0.676. The molecule has 0 saturated heterocycles. The summed E-state index contributed by atoms with van der Waals surface area (Å²) in [5.41, 5.74) is 0.926. The molecule has 8 heteroatoms. The lowest BCUT2D eigenvalue weighted by atomic mass is 10.2. The van der Waals surface area contributed by atoms with Crippen molar-refractivity contribution in [3.8, 4) is 11.8 Å². The van der Waals surface area contributed by atoms with Crippen molar-refractivity contribution >= 4 is 5.82 Å². The number of nitro groups is 1. The highest BCUT2D eigenvalue weighted by Crippen LogP contribution is 2.22. The van der Waals surface area contributed by atoms with Crippen LogP contribution in [0.1, 0.15) is 5.56 Å². The van der Waals surface area contributed by atoms with Crippen molar-refractivity contribution in [1.29, 1.82) is 0 Å². The maximum atomic E-state index is 10.7. The smallest absolute Gasteiger partial charge is 0.414 e. The van der Waals surface area contributed by atoms with Crippen molar-refractivity contribution in [2.45, 2.75) is 19.3 Å². The number of aromatic nitrogens is 2. The molecule has 3 rings (SSSR count). The molecular weight excluding hydrogens is 278 g/mol. The predicted octanol–water partition coefficient (Wildman–Crippen LogP) is 1.47. The molecule has 1 N–H and O–H groups in total. The van der Waals surface area contributed by atoms with Crippen LogP contribution < -0.4 is 4.74 Å². The zero-order valence-corrected chi connectivity index (χ0v) is 11.0. The highest BCUT2D eigenvalue weighted by atomic mass is 16.6. The fourth-order valence-corrected chi connectivity index (χ4v) is 2.07. The molecule has 1 aliphatic rings. The topological polar surface area (TPSA) is 99.7 Å². The average Bonchev–Trinajstić information content (AvgIpc) is 2.90. The van der Waals surface area contributed by atoms with Gasteiger partial charge in [-0.05, 0) is 22.6 Å². The van der Waals surface area contributed by atoms with E-state index in [1.807, 2.05) is 0 Å². The average molecular weight is 291 g/mol. The molecule has 21 heavy (non-hydrogen) atoms. The van der Waals surface area contributed by atoms with Crippen LogP contribution in [0.2, 0.25) is 0 Å². The Balaban J connectivity index is 1.61. The van der Waals surface area contributed by atoms with E-state index in [9.17, 15) is 15.2 Å². The first-order valence-electron chi connectivity index (χ1n) is 6.35. The Labute approximate surface area is 119 Å². The SMILES string of the molecule is O=[N+]([O-])c1cn2c(n1)OC[C@@H](OCc1ccc(O)cc1)C2. The minimum absolute atomic E-state index is 0.204. The lowest BCUT2D eigenvalue weighted by Gasteiger charge is -2.22. The van der Waals surface area contributed by atoms with Gasteiger partial charge in [0.15, 0.2) is 0 Å². The van der Waals surface area contributed by atoms with E-state index in [0.29, 0.717) is 19.8 Å². The van der Waals surface area contributed by atoms with Crippen LogP contribution in [0.5, 0.6) is 11.8 Å². The minimum Gasteiger partial charge on any atom is -0.508 e. The first-order valence-corrected chi connectivity index (χ1v) is 6.35. The fraction of sp³-hybridized carbons (Fsp3) is 0.308. The Morgan fingerprint density at radius 2 is 2.24 bits per heavy atom. The first kappa shape index (κ1) is 13.4. The van der Waals surface area contributed by atoms with Crippen molar-refractivity contribution in [3.05, 3.63) is 46.1 Å². The summed E-state index contributed by atoms with van der Waals surface area (Å²) in [7, 11) is 0. The van der Waals surface area contributed by atoms with E-state index in [0.717, 1.165) is 5.56 Å². The molecule has 1 aliphatic heterocycles. The molecular formula is C13H13N3O5. The molecule has 0 fully saturated rings. The molecule has 0 unspecified atom stereocenters. The normalized spacial score (nSPS) is 17.0. The van der Waals surface area contributed by atoms with Gasteiger partial charge in [0.05, 0.1) is 13.2 Å². The maximum Gasteiger partial charge on any atom is 0.414 e. The number of phenolic OH excluding ortho intramolecular Hbond substituents is 1. The summed E-state index contributed by atoms with van der Waals surface area (Å²) >= 11 is 0. The third-order valence-corrected chi connectivity index (χ3v) is 3.13. The zero-order chi connectivity index (χ0) is 14.8. The van der Waals surface area contributed by atoms with Gasteiger partial charge >= 0.3 is 11.8 Å². The number of imidazole rings is 1. The molecule has 0 spiro atoms. The maximum absolute atomic E-state index is 10.7. The van der Waals surface area contributed by atoms with Gasteiger partial charge in [0, 0.05) is 4.98 Å². The highest BCUT2D eigenvalue weighted by Gasteiger charge is 2.28. The molecule has 1 aromatic carbocycles. The van der Waals surface area contributed by atoms with Crippen molar-refractivity contribution in [2.75, 3.05) is 6.61 Å². The van der Waals surface area contributed by atoms with Crippen LogP contribution in [0.15, 0.2) is 30.5 Å². The Bertz CT molecular complexity index is 652. The highest BCUT2D eigenvalue weighted by molar-refractivity contribution is 5.25. The van der Waals surface area contributed by atoms with Gasteiger partial charge in [0.25, 0.3) is 0 Å². The molecule has 0 amide bonds. The molecule has 0 aliphatic carbocycles. The van der Waals surface area contributed by atoms with Crippen LogP contribution in [-0.4, -0.2) is 32.3 Å². The Hall–Kier alpha value is -2.61. The van der Waals surface area contributed by atoms with Crippen molar-refractivity contribution in [1.82, 2.24) is 9.55 Å². The van der Waals surface area contributed by atoms with Gasteiger partial charge in [0.2, 0.25) is 0 Å². The zero-order valence-electron chi connectivity index (χ0n) is 11.0. The van der Waals surface area contributed by atoms with Crippen molar-refractivity contribution in [2.24, 2.45) is 0 Å². The molecule has 0 bridgehead atoms. The van der Waals surface area contributed by atoms with E-state index in [1.165, 1.54) is 6.20 Å². The van der Waals surface area contributed by atoms with Gasteiger partial charge in [-0.25, -0.2) is 0 Å². The third-order valence-electron chi connectivity index (χ3n) is 3.13. The van der Waals surface area contributed by atoms with Gasteiger partial charge in [-0.2, -0.15) is 0 Å². The number of nitrogens with zero attached hydrogens (tertiary/aromatic N) is 3. The number of fused-ring (bicyclic) bond motifs is 1. The number of rotatable bonds is 4. The van der Waals surface area contributed by atoms with Crippen molar-refractivity contribution < 1.29 is 19.5 Å². The van der Waals surface area contributed by atoms with Crippen LogP contribution in [-0.2, 0) is 17.9 Å². The van der Waals surface area contributed by atoms with E-state index in [-0.39, 0.29) is 23.7 Å². The fourth-order valence-electron chi connectivity index (χ4n) is 2.07. The van der Waals surface area contributed by atoms with Gasteiger partial charge in [-0.15, -0.1) is 0 Å². The lowest BCUT2D eigenvalue weighted by molar-refractivity contribution is -0.389. The van der Waals surface area contributed by atoms with Crippen LogP contribution >= 0.6 is 0 Å². The monoisotopic (exact) mass is 291 g/mol. The number of phenols is 1. The largest absolute Gasteiger partial charge is 0.508 e. The minimum atomic E-state index is -0.555. The second-order valence-corrected chi connectivity index (χ2v) is 4.70. The predicted molar refractivity (Wildman–Crippen MR) is 71.1 cm³/mol. The molecule has 0 saturated carbocycles. The number of benzene rings is 1. The van der Waals surface area contributed by atoms with E-state index in [2.05, 4.69) is 4.98 Å². The number of hydrogen-bond donors (Lipinski definition) is 1. The van der Waals surface area contributed by atoms with Crippen LogP contribution in [0.3, 0.4) is 0 Å². The molecule has 1 aromatic heterocycles. The summed E-state index contributed by atoms with van der Waals surface area (Å²) in [4.78, 5) is 13.9. The molecule has 2 aromatic rings. The van der Waals surface area contributed by atoms with E-state index in [1.54, 1.807) is 28.8 Å². The summed E-state index contributed by atoms with van der Waals surface area (Å²) in [6, 6.07) is 6.96. The van der Waals surface area contributed by atoms with Crippen LogP contribution in [0, 0.1) is 10.1 Å². The standard InChI is InChI=1S/C13H13N3O5/c17-10-3-1-9(2-4-10)7-20-11-5-15-6-12(16(18)19)14-13(15)21-8-11/h1-4,6,11,17H,5,7-8H2/t11-/m0/s1. The Morgan fingerprint density at radius 1 is 1.48 bits per heavy atom. The summed E-state index contributed by atoms with van der Waals surface area (Å²) in [6.45, 7) is 1.13. The molecule has 0 radical (unpaired) electrons. The lowest BCUT2D eigenvalue weighted by Crippen LogP contribution is -2.32. The Morgan fingerprint density at radius 3 is 2.95 bits per heavy atom. The van der Waals surface area contributed by atoms with Crippen LogP contribution in [0.4, 0.5) is 5.82 Å². The van der Waals surface area contributed by atoms with E-state index >= 15 is 0 Å². The first-order chi connectivity index (χ1) is 10.1. The molecule has 2 heterocycles. The van der Waals surface area contributed by atoms with Gasteiger partial charge in [-0.1, -0.05) is 12.1 Å². The third kappa shape index (κ3) is 2.95. The second kappa shape index (κ2) is 5.41. The molecule has 110 valence electrons. The van der Waals surface area contributed by atoms with Crippen molar-refractivity contribution in [3.63, 3.8) is 0 Å². The van der Waals surface area contributed by atoms with Gasteiger partial charge in [0.1, 0.15) is 24.7 Å². The van der Waals surface area contributed by atoms with E-state index in [4.69, 9.17) is 9.47 Å². The Kier molecular flexibility index (Phi) is 3.44. The number of aromatic hydroxyl groups is 1. The summed E-state index contributed by atoms with van der Waals surface area (Å²) in [5, 5.41) is 19.9. The van der Waals surface area contributed by atoms with Crippen LogP contribution in [0.25, 0.3) is 0 Å². The van der Waals surface area contributed by atoms with E-state index < -0.39 is 4.92 Å². The van der Waals surface area contributed by atoms with Gasteiger partial charge in [-0.3, -0.25) is 4.57 Å². The molecule has 8 nitrogen and oxygen atoms in total.